The molecule has 1 aromatic heterocycles. The normalized spacial score (nSPS) is 16.2. The summed E-state index contributed by atoms with van der Waals surface area (Å²) in [5.41, 5.74) is 0.538. The number of hydrogen-bond acceptors (Lipinski definition) is 5. The second-order valence-electron chi connectivity index (χ2n) is 8.00. The summed E-state index contributed by atoms with van der Waals surface area (Å²) in [7, 11) is 0. The molecule has 0 amide bonds. The molecule has 31 heavy (non-hydrogen) atoms. The summed E-state index contributed by atoms with van der Waals surface area (Å²) < 4.78 is 15.8. The van der Waals surface area contributed by atoms with Crippen LogP contribution in [0.25, 0.3) is 0 Å². The van der Waals surface area contributed by atoms with Crippen molar-refractivity contribution in [1.82, 2.24) is 14.5 Å². The van der Waals surface area contributed by atoms with Gasteiger partial charge in [-0.2, -0.15) is 0 Å². The molecule has 2 heterocycles. The molecule has 1 aliphatic rings. The first-order valence-electron chi connectivity index (χ1n) is 10.2. The van der Waals surface area contributed by atoms with E-state index in [9.17, 15) is 14.3 Å². The summed E-state index contributed by atoms with van der Waals surface area (Å²) in [6.45, 7) is 2.55. The number of benzene rings is 2. The highest BCUT2D eigenvalue weighted by Gasteiger charge is 2.33. The molecule has 8 heteroatoms. The standard InChI is InChI=1S/C23H24BrFN4O2/c24-18-6-4-17(5-7-18)14-28-10-8-23(31,9-11-28)15-29-16-26-21(13-22(29)30)27-20-3-1-2-19(25)12-20/h1-7,12-13,16,27,31H,8-11,14-15H2. The SMILES string of the molecule is O=c1cc(Nc2cccc(F)c2)ncn1CC1(O)CCN(Cc2ccc(Br)cc2)CC1. The average molecular weight is 487 g/mol. The molecule has 0 spiro atoms. The maximum Gasteiger partial charge on any atom is 0.255 e. The third-order valence-electron chi connectivity index (χ3n) is 5.55. The van der Waals surface area contributed by atoms with Gasteiger partial charge in [-0.15, -0.1) is 0 Å². The number of aliphatic hydroxyl groups is 1. The summed E-state index contributed by atoms with van der Waals surface area (Å²) in [5, 5.41) is 13.9. The predicted octanol–water partition coefficient (Wildman–Crippen LogP) is 3.92. The van der Waals surface area contributed by atoms with Crippen molar-refractivity contribution < 1.29 is 9.50 Å². The first-order valence-corrected chi connectivity index (χ1v) is 11.0. The van der Waals surface area contributed by atoms with Gasteiger partial charge in [0.1, 0.15) is 11.6 Å². The van der Waals surface area contributed by atoms with Crippen LogP contribution in [0.2, 0.25) is 0 Å². The Morgan fingerprint density at radius 2 is 1.87 bits per heavy atom. The smallest absolute Gasteiger partial charge is 0.255 e. The Morgan fingerprint density at radius 3 is 2.55 bits per heavy atom. The molecule has 162 valence electrons. The number of nitrogens with one attached hydrogen (secondary N) is 1. The van der Waals surface area contributed by atoms with Crippen molar-refractivity contribution in [1.29, 1.82) is 0 Å². The van der Waals surface area contributed by atoms with Crippen molar-refractivity contribution in [2.75, 3.05) is 18.4 Å². The minimum absolute atomic E-state index is 0.200. The lowest BCUT2D eigenvalue weighted by Gasteiger charge is -2.38. The Bertz CT molecular complexity index is 1100. The van der Waals surface area contributed by atoms with Gasteiger partial charge in [-0.1, -0.05) is 34.1 Å². The van der Waals surface area contributed by atoms with E-state index in [1.807, 2.05) is 12.1 Å². The molecular weight excluding hydrogens is 463 g/mol. The Labute approximate surface area is 188 Å². The lowest BCUT2D eigenvalue weighted by molar-refractivity contribution is -0.0365. The molecule has 0 aliphatic carbocycles. The number of hydrogen-bond donors (Lipinski definition) is 2. The fourth-order valence-corrected chi connectivity index (χ4v) is 4.04. The topological polar surface area (TPSA) is 70.4 Å². The molecule has 2 N–H and O–H groups in total. The number of anilines is 2. The summed E-state index contributed by atoms with van der Waals surface area (Å²) in [6, 6.07) is 15.6. The van der Waals surface area contributed by atoms with Crippen LogP contribution in [0.1, 0.15) is 18.4 Å². The van der Waals surface area contributed by atoms with Crippen molar-refractivity contribution in [2.45, 2.75) is 31.5 Å². The minimum Gasteiger partial charge on any atom is -0.388 e. The Balaban J connectivity index is 1.35. The highest BCUT2D eigenvalue weighted by atomic mass is 79.9. The largest absolute Gasteiger partial charge is 0.388 e. The number of nitrogens with zero attached hydrogens (tertiary/aromatic N) is 3. The Kier molecular flexibility index (Phi) is 6.50. The van der Waals surface area contributed by atoms with Crippen molar-refractivity contribution in [3.63, 3.8) is 0 Å². The number of likely N-dealkylation sites (tertiary alicyclic amines) is 1. The molecule has 3 aromatic rings. The van der Waals surface area contributed by atoms with Gasteiger partial charge in [0.15, 0.2) is 0 Å². The van der Waals surface area contributed by atoms with Crippen LogP contribution in [0.3, 0.4) is 0 Å². The Hall–Kier alpha value is -2.55. The van der Waals surface area contributed by atoms with Gasteiger partial charge in [0, 0.05) is 35.9 Å². The van der Waals surface area contributed by atoms with Gasteiger partial charge < -0.3 is 10.4 Å². The Morgan fingerprint density at radius 1 is 1.13 bits per heavy atom. The van der Waals surface area contributed by atoms with Crippen LogP contribution in [0.15, 0.2) is 70.2 Å². The third-order valence-corrected chi connectivity index (χ3v) is 6.08. The van der Waals surface area contributed by atoms with E-state index in [2.05, 4.69) is 43.3 Å². The summed E-state index contributed by atoms with van der Waals surface area (Å²) >= 11 is 3.45. The molecule has 1 fully saturated rings. The number of piperidine rings is 1. The van der Waals surface area contributed by atoms with E-state index in [1.54, 1.807) is 12.1 Å². The second-order valence-corrected chi connectivity index (χ2v) is 8.92. The van der Waals surface area contributed by atoms with E-state index >= 15 is 0 Å². The molecule has 0 atom stereocenters. The van der Waals surface area contributed by atoms with Crippen molar-refractivity contribution >= 4 is 27.4 Å². The minimum atomic E-state index is -0.945. The van der Waals surface area contributed by atoms with Crippen LogP contribution in [-0.2, 0) is 13.1 Å². The quantitative estimate of drug-likeness (QED) is 0.552. The molecule has 0 bridgehead atoms. The molecule has 1 aliphatic heterocycles. The monoisotopic (exact) mass is 486 g/mol. The second kappa shape index (κ2) is 9.30. The van der Waals surface area contributed by atoms with E-state index < -0.39 is 5.60 Å². The third kappa shape index (κ3) is 5.78. The highest BCUT2D eigenvalue weighted by Crippen LogP contribution is 2.25. The average Bonchev–Trinajstić information content (AvgIpc) is 2.74. The van der Waals surface area contributed by atoms with Gasteiger partial charge in [-0.25, -0.2) is 9.37 Å². The summed E-state index contributed by atoms with van der Waals surface area (Å²) in [5.74, 6) is -0.0322. The van der Waals surface area contributed by atoms with Crippen LogP contribution in [-0.4, -0.2) is 38.2 Å². The molecule has 0 unspecified atom stereocenters. The highest BCUT2D eigenvalue weighted by molar-refractivity contribution is 9.10. The van der Waals surface area contributed by atoms with Crippen LogP contribution < -0.4 is 10.9 Å². The first-order chi connectivity index (χ1) is 14.9. The van der Waals surface area contributed by atoms with Crippen LogP contribution in [0.4, 0.5) is 15.9 Å². The summed E-state index contributed by atoms with van der Waals surface area (Å²) in [4.78, 5) is 19.1. The molecule has 1 saturated heterocycles. The fraction of sp³-hybridized carbons (Fsp3) is 0.304. The predicted molar refractivity (Wildman–Crippen MR) is 122 cm³/mol. The maximum atomic E-state index is 13.3. The van der Waals surface area contributed by atoms with Gasteiger partial charge >= 0.3 is 0 Å². The van der Waals surface area contributed by atoms with Crippen molar-refractivity contribution in [3.05, 3.63) is 87.1 Å². The van der Waals surface area contributed by atoms with E-state index in [4.69, 9.17) is 0 Å². The molecule has 2 aromatic carbocycles. The maximum absolute atomic E-state index is 13.3. The van der Waals surface area contributed by atoms with Gasteiger partial charge in [0.2, 0.25) is 0 Å². The zero-order valence-corrected chi connectivity index (χ0v) is 18.6. The van der Waals surface area contributed by atoms with Crippen molar-refractivity contribution in [2.24, 2.45) is 0 Å². The van der Waals surface area contributed by atoms with Gasteiger partial charge in [-0.05, 0) is 48.7 Å². The van der Waals surface area contributed by atoms with E-state index in [0.717, 1.165) is 24.1 Å². The fourth-order valence-electron chi connectivity index (χ4n) is 3.78. The van der Waals surface area contributed by atoms with Gasteiger partial charge in [0.05, 0.1) is 18.5 Å². The molecule has 4 rings (SSSR count). The number of halogens is 2. The zero-order valence-electron chi connectivity index (χ0n) is 17.0. The van der Waals surface area contributed by atoms with E-state index in [-0.39, 0.29) is 17.9 Å². The molecular formula is C23H24BrFN4O2. The number of aromatic nitrogens is 2. The van der Waals surface area contributed by atoms with E-state index in [0.29, 0.717) is 24.3 Å². The van der Waals surface area contributed by atoms with Gasteiger partial charge in [-0.3, -0.25) is 14.3 Å². The van der Waals surface area contributed by atoms with E-state index in [1.165, 1.54) is 34.7 Å². The van der Waals surface area contributed by atoms with Crippen molar-refractivity contribution in [3.8, 4) is 0 Å². The summed E-state index contributed by atoms with van der Waals surface area (Å²) in [6.07, 6.45) is 2.59. The van der Waals surface area contributed by atoms with Crippen LogP contribution in [0, 0.1) is 5.82 Å². The lowest BCUT2D eigenvalue weighted by Crippen LogP contribution is -2.47. The zero-order chi connectivity index (χ0) is 21.8. The van der Waals surface area contributed by atoms with Crippen LogP contribution >= 0.6 is 15.9 Å². The molecule has 6 nitrogen and oxygen atoms in total. The molecule has 0 radical (unpaired) electrons. The van der Waals surface area contributed by atoms with Crippen LogP contribution in [0.5, 0.6) is 0 Å². The lowest BCUT2D eigenvalue weighted by atomic mass is 9.91. The molecule has 0 saturated carbocycles. The number of rotatable bonds is 6. The van der Waals surface area contributed by atoms with Gasteiger partial charge in [0.25, 0.3) is 5.56 Å². The first kappa shape index (κ1) is 21.7.